The Kier molecular flexibility index (Phi) is 3.47. The smallest absolute Gasteiger partial charge is 0.226 e. The first-order chi connectivity index (χ1) is 10.1. The van der Waals surface area contributed by atoms with Gasteiger partial charge in [-0.25, -0.2) is 9.07 Å². The van der Waals surface area contributed by atoms with Gasteiger partial charge in [0.25, 0.3) is 0 Å². The highest BCUT2D eigenvalue weighted by molar-refractivity contribution is 6.28. The van der Waals surface area contributed by atoms with Crippen molar-refractivity contribution in [3.05, 3.63) is 41.6 Å². The van der Waals surface area contributed by atoms with Gasteiger partial charge in [0.1, 0.15) is 17.3 Å². The lowest BCUT2D eigenvalue weighted by atomic mass is 10.3. The van der Waals surface area contributed by atoms with Crippen LogP contribution in [-0.2, 0) is 0 Å². The van der Waals surface area contributed by atoms with Gasteiger partial charge >= 0.3 is 0 Å². The average Bonchev–Trinajstić information content (AvgIpc) is 2.82. The molecular weight excluding hydrogens is 293 g/mol. The van der Waals surface area contributed by atoms with Gasteiger partial charge in [-0.2, -0.15) is 15.1 Å². The molecule has 0 aliphatic carbocycles. The molecule has 0 saturated carbocycles. The summed E-state index contributed by atoms with van der Waals surface area (Å²) in [6.07, 6.45) is 1.60. The lowest BCUT2D eigenvalue weighted by Crippen LogP contribution is -2.12. The van der Waals surface area contributed by atoms with Crippen molar-refractivity contribution < 1.29 is 4.39 Å². The largest absolute Gasteiger partial charge is 0.367 e. The summed E-state index contributed by atoms with van der Waals surface area (Å²) in [6, 6.07) is 6.54. The summed E-state index contributed by atoms with van der Waals surface area (Å²) in [6.45, 7) is 3.98. The van der Waals surface area contributed by atoms with Gasteiger partial charge in [-0.1, -0.05) is 12.1 Å². The van der Waals surface area contributed by atoms with Gasteiger partial charge in [0.15, 0.2) is 5.65 Å². The number of benzene rings is 1. The summed E-state index contributed by atoms with van der Waals surface area (Å²) in [7, 11) is 0. The van der Waals surface area contributed by atoms with Gasteiger partial charge in [-0.05, 0) is 37.6 Å². The second-order valence-electron chi connectivity index (χ2n) is 4.89. The summed E-state index contributed by atoms with van der Waals surface area (Å²) in [5.41, 5.74) is 0.779. The van der Waals surface area contributed by atoms with Crippen molar-refractivity contribution in [3.8, 4) is 5.69 Å². The number of para-hydroxylation sites is 1. The second kappa shape index (κ2) is 5.29. The molecule has 0 atom stereocenters. The van der Waals surface area contributed by atoms with Gasteiger partial charge < -0.3 is 5.32 Å². The number of nitrogens with one attached hydrogen (secondary N) is 1. The minimum absolute atomic E-state index is 0.0868. The average molecular weight is 306 g/mol. The van der Waals surface area contributed by atoms with E-state index in [9.17, 15) is 4.39 Å². The van der Waals surface area contributed by atoms with Gasteiger partial charge in [0.2, 0.25) is 5.28 Å². The molecule has 1 aromatic carbocycles. The van der Waals surface area contributed by atoms with Crippen LogP contribution in [0.4, 0.5) is 10.2 Å². The summed E-state index contributed by atoms with van der Waals surface area (Å²) in [4.78, 5) is 8.34. The van der Waals surface area contributed by atoms with Crippen LogP contribution in [-0.4, -0.2) is 25.8 Å². The normalized spacial score (nSPS) is 11.3. The number of aromatic nitrogens is 4. The van der Waals surface area contributed by atoms with E-state index < -0.39 is 0 Å². The van der Waals surface area contributed by atoms with Gasteiger partial charge in [-0.3, -0.25) is 0 Å². The summed E-state index contributed by atoms with van der Waals surface area (Å²) in [5.74, 6) is 0.207. The molecule has 0 bridgehead atoms. The molecule has 1 N–H and O–H groups in total. The Morgan fingerprint density at radius 3 is 2.71 bits per heavy atom. The molecule has 0 aliphatic rings. The van der Waals surface area contributed by atoms with Gasteiger partial charge in [0, 0.05) is 6.04 Å². The Labute approximate surface area is 125 Å². The van der Waals surface area contributed by atoms with Crippen LogP contribution in [0.3, 0.4) is 0 Å². The third-order valence-corrected chi connectivity index (χ3v) is 3.08. The van der Waals surface area contributed by atoms with E-state index in [2.05, 4.69) is 20.4 Å². The fourth-order valence-electron chi connectivity index (χ4n) is 2.06. The summed E-state index contributed by atoms with van der Waals surface area (Å²) < 4.78 is 15.4. The molecular formula is C14H13ClFN5. The van der Waals surface area contributed by atoms with E-state index in [4.69, 9.17) is 11.6 Å². The van der Waals surface area contributed by atoms with E-state index in [1.54, 1.807) is 24.4 Å². The predicted molar refractivity (Wildman–Crippen MR) is 80.4 cm³/mol. The topological polar surface area (TPSA) is 55.6 Å². The molecule has 7 heteroatoms. The molecule has 0 amide bonds. The maximum absolute atomic E-state index is 13.9. The van der Waals surface area contributed by atoms with Crippen molar-refractivity contribution in [3.63, 3.8) is 0 Å². The third-order valence-electron chi connectivity index (χ3n) is 2.91. The number of nitrogens with zero attached hydrogens (tertiary/aromatic N) is 4. The highest BCUT2D eigenvalue weighted by Crippen LogP contribution is 2.25. The molecule has 0 unspecified atom stereocenters. The van der Waals surface area contributed by atoms with Crippen molar-refractivity contribution in [2.24, 2.45) is 0 Å². The first-order valence-corrected chi connectivity index (χ1v) is 6.87. The zero-order chi connectivity index (χ0) is 15.0. The number of rotatable bonds is 3. The number of hydrogen-bond donors (Lipinski definition) is 1. The molecule has 2 aromatic heterocycles. The number of hydrogen-bond acceptors (Lipinski definition) is 4. The molecule has 108 valence electrons. The van der Waals surface area contributed by atoms with Crippen molar-refractivity contribution in [2.75, 3.05) is 5.32 Å². The van der Waals surface area contributed by atoms with Crippen LogP contribution in [0.2, 0.25) is 5.28 Å². The molecule has 21 heavy (non-hydrogen) atoms. The highest BCUT2D eigenvalue weighted by Gasteiger charge is 2.15. The number of anilines is 1. The van der Waals surface area contributed by atoms with Crippen LogP contribution >= 0.6 is 11.6 Å². The van der Waals surface area contributed by atoms with Crippen molar-refractivity contribution in [1.82, 2.24) is 19.7 Å². The van der Waals surface area contributed by atoms with E-state index in [1.807, 2.05) is 13.8 Å². The minimum Gasteiger partial charge on any atom is -0.367 e. The second-order valence-corrected chi connectivity index (χ2v) is 5.22. The van der Waals surface area contributed by atoms with Crippen molar-refractivity contribution in [2.45, 2.75) is 19.9 Å². The first kappa shape index (κ1) is 13.8. The van der Waals surface area contributed by atoms with Gasteiger partial charge in [-0.15, -0.1) is 0 Å². The molecule has 5 nitrogen and oxygen atoms in total. The standard InChI is InChI=1S/C14H13ClFN5/c1-8(2)18-12-9-7-17-21(13(9)20-14(15)19-12)11-6-4-3-5-10(11)16/h3-8H,1-2H3,(H,18,19,20). The minimum atomic E-state index is -0.379. The maximum Gasteiger partial charge on any atom is 0.226 e. The monoisotopic (exact) mass is 305 g/mol. The van der Waals surface area contributed by atoms with E-state index in [0.717, 1.165) is 0 Å². The van der Waals surface area contributed by atoms with Crippen LogP contribution in [0, 0.1) is 5.82 Å². The summed E-state index contributed by atoms with van der Waals surface area (Å²) >= 11 is 5.97. The van der Waals surface area contributed by atoms with Crippen LogP contribution < -0.4 is 5.32 Å². The Balaban J connectivity index is 2.23. The zero-order valence-electron chi connectivity index (χ0n) is 11.5. The van der Waals surface area contributed by atoms with E-state index >= 15 is 0 Å². The number of fused-ring (bicyclic) bond motifs is 1. The van der Waals surface area contributed by atoms with Crippen molar-refractivity contribution in [1.29, 1.82) is 0 Å². The van der Waals surface area contributed by atoms with Crippen LogP contribution in [0.15, 0.2) is 30.5 Å². The predicted octanol–water partition coefficient (Wildman–Crippen LogP) is 3.43. The zero-order valence-corrected chi connectivity index (χ0v) is 12.3. The fraction of sp³-hybridized carbons (Fsp3) is 0.214. The van der Waals surface area contributed by atoms with Gasteiger partial charge in [0.05, 0.1) is 11.6 Å². The fourth-order valence-corrected chi connectivity index (χ4v) is 2.23. The van der Waals surface area contributed by atoms with E-state index in [0.29, 0.717) is 22.5 Å². The van der Waals surface area contributed by atoms with Crippen LogP contribution in [0.1, 0.15) is 13.8 Å². The molecule has 2 heterocycles. The maximum atomic E-state index is 13.9. The molecule has 0 spiro atoms. The lowest BCUT2D eigenvalue weighted by molar-refractivity contribution is 0.612. The first-order valence-electron chi connectivity index (χ1n) is 6.49. The third kappa shape index (κ3) is 2.54. The highest BCUT2D eigenvalue weighted by atomic mass is 35.5. The molecule has 0 aliphatic heterocycles. The van der Waals surface area contributed by atoms with E-state index in [-0.39, 0.29) is 17.1 Å². The Bertz CT molecular complexity index is 799. The SMILES string of the molecule is CC(C)Nc1nc(Cl)nc2c1cnn2-c1ccccc1F. The molecule has 3 aromatic rings. The van der Waals surface area contributed by atoms with Crippen LogP contribution in [0.25, 0.3) is 16.7 Å². The summed E-state index contributed by atoms with van der Waals surface area (Å²) in [5, 5.41) is 8.17. The Morgan fingerprint density at radius 1 is 1.24 bits per heavy atom. The number of halogens is 2. The van der Waals surface area contributed by atoms with E-state index in [1.165, 1.54) is 10.7 Å². The quantitative estimate of drug-likeness (QED) is 0.753. The Hall–Kier alpha value is -2.21. The molecule has 0 fully saturated rings. The van der Waals surface area contributed by atoms with Crippen LogP contribution in [0.5, 0.6) is 0 Å². The van der Waals surface area contributed by atoms with Crippen molar-refractivity contribution >= 4 is 28.5 Å². The Morgan fingerprint density at radius 2 is 2.00 bits per heavy atom. The molecule has 0 radical (unpaired) electrons. The lowest BCUT2D eigenvalue weighted by Gasteiger charge is -2.10. The molecule has 3 rings (SSSR count). The molecule has 0 saturated heterocycles.